The first kappa shape index (κ1) is 20.7. The summed E-state index contributed by atoms with van der Waals surface area (Å²) in [5, 5.41) is 0.908. The lowest BCUT2D eigenvalue weighted by molar-refractivity contribution is -0.137. The van der Waals surface area contributed by atoms with Gasteiger partial charge in [0.1, 0.15) is 11.5 Å². The highest BCUT2D eigenvalue weighted by Gasteiger charge is 2.31. The molecule has 0 bridgehead atoms. The summed E-state index contributed by atoms with van der Waals surface area (Å²) >= 11 is 0. The van der Waals surface area contributed by atoms with Crippen LogP contribution in [0.25, 0.3) is 10.9 Å². The molecule has 0 radical (unpaired) electrons. The Balaban J connectivity index is 1.50. The van der Waals surface area contributed by atoms with E-state index in [0.717, 1.165) is 29.1 Å². The third-order valence-corrected chi connectivity index (χ3v) is 5.77. The zero-order chi connectivity index (χ0) is 22.1. The van der Waals surface area contributed by atoms with Gasteiger partial charge in [0.15, 0.2) is 0 Å². The van der Waals surface area contributed by atoms with Crippen molar-refractivity contribution in [1.29, 1.82) is 0 Å². The Bertz CT molecular complexity index is 1340. The van der Waals surface area contributed by atoms with Gasteiger partial charge in [-0.3, -0.25) is 9.71 Å². The number of pyridine rings is 1. The Hall–Kier alpha value is -3.59. The van der Waals surface area contributed by atoms with E-state index in [1.165, 1.54) is 12.1 Å². The van der Waals surface area contributed by atoms with Crippen LogP contribution >= 0.6 is 0 Å². The lowest BCUT2D eigenvalue weighted by atomic mass is 10.2. The Labute approximate surface area is 176 Å². The molecule has 1 N–H and O–H groups in total. The topological polar surface area (TPSA) is 68.3 Å². The molecule has 0 saturated heterocycles. The number of sulfonamides is 1. The van der Waals surface area contributed by atoms with Crippen molar-refractivity contribution in [3.63, 3.8) is 0 Å². The molecule has 0 fully saturated rings. The van der Waals surface area contributed by atoms with Gasteiger partial charge in [0.25, 0.3) is 10.0 Å². The minimum Gasteiger partial charge on any atom is -0.457 e. The first-order chi connectivity index (χ1) is 14.7. The molecule has 9 heteroatoms. The second-order valence-electron chi connectivity index (χ2n) is 6.62. The number of halogens is 3. The van der Waals surface area contributed by atoms with E-state index >= 15 is 0 Å². The molecule has 3 aromatic carbocycles. The normalized spacial score (nSPS) is 12.0. The maximum absolute atomic E-state index is 12.9. The summed E-state index contributed by atoms with van der Waals surface area (Å²) in [4.78, 5) is 3.76. The van der Waals surface area contributed by atoms with Gasteiger partial charge >= 0.3 is 6.18 Å². The van der Waals surface area contributed by atoms with E-state index in [1.807, 2.05) is 24.3 Å². The number of fused-ring (bicyclic) bond motifs is 1. The number of anilines is 1. The van der Waals surface area contributed by atoms with Crippen molar-refractivity contribution in [2.24, 2.45) is 0 Å². The number of hydrogen-bond acceptors (Lipinski definition) is 4. The fourth-order valence-corrected chi connectivity index (χ4v) is 4.00. The molecule has 0 aliphatic carbocycles. The molecular weight excluding hydrogens is 429 g/mol. The van der Waals surface area contributed by atoms with Crippen molar-refractivity contribution < 1.29 is 26.3 Å². The van der Waals surface area contributed by atoms with E-state index in [4.69, 9.17) is 4.74 Å². The fourth-order valence-electron chi connectivity index (χ4n) is 2.90. The SMILES string of the molecule is O=S(=O)(Nc1ccc(Oc2ccc3ncccc3c2)cc1)c1cccc(C(F)(F)F)c1. The molecule has 4 rings (SSSR count). The molecule has 4 aromatic rings. The second-order valence-corrected chi connectivity index (χ2v) is 8.30. The van der Waals surface area contributed by atoms with Gasteiger partial charge in [-0.1, -0.05) is 12.1 Å². The third kappa shape index (κ3) is 4.77. The van der Waals surface area contributed by atoms with Crippen LogP contribution in [0, 0.1) is 0 Å². The highest BCUT2D eigenvalue weighted by molar-refractivity contribution is 7.92. The molecule has 0 amide bonds. The van der Waals surface area contributed by atoms with Crippen LogP contribution in [0.4, 0.5) is 18.9 Å². The summed E-state index contributed by atoms with van der Waals surface area (Å²) in [6.07, 6.45) is -2.94. The van der Waals surface area contributed by atoms with E-state index < -0.39 is 26.7 Å². The number of ether oxygens (including phenoxy) is 1. The molecule has 5 nitrogen and oxygen atoms in total. The number of benzene rings is 3. The number of alkyl halides is 3. The van der Waals surface area contributed by atoms with Crippen LogP contribution in [0.15, 0.2) is 90.0 Å². The van der Waals surface area contributed by atoms with Crippen molar-refractivity contribution in [3.8, 4) is 11.5 Å². The first-order valence-electron chi connectivity index (χ1n) is 9.03. The number of aromatic nitrogens is 1. The maximum atomic E-state index is 12.9. The quantitative estimate of drug-likeness (QED) is 0.420. The number of rotatable bonds is 5. The lowest BCUT2D eigenvalue weighted by Crippen LogP contribution is -2.14. The van der Waals surface area contributed by atoms with Gasteiger partial charge in [-0.25, -0.2) is 8.42 Å². The van der Waals surface area contributed by atoms with Gasteiger partial charge in [-0.2, -0.15) is 13.2 Å². The van der Waals surface area contributed by atoms with Crippen molar-refractivity contribution in [3.05, 3.63) is 90.6 Å². The first-order valence-corrected chi connectivity index (χ1v) is 10.5. The minimum absolute atomic E-state index is 0.187. The van der Waals surface area contributed by atoms with Crippen LogP contribution in [0.5, 0.6) is 11.5 Å². The minimum atomic E-state index is -4.64. The molecule has 0 aliphatic heterocycles. The molecule has 0 atom stereocenters. The summed E-state index contributed by atoms with van der Waals surface area (Å²) in [5.74, 6) is 1.04. The molecule has 1 aromatic heterocycles. The molecule has 1 heterocycles. The largest absolute Gasteiger partial charge is 0.457 e. The summed E-state index contributed by atoms with van der Waals surface area (Å²) in [7, 11) is -4.19. The predicted molar refractivity (Wildman–Crippen MR) is 111 cm³/mol. The van der Waals surface area contributed by atoms with Gasteiger partial charge in [0, 0.05) is 17.3 Å². The van der Waals surface area contributed by atoms with Crippen LogP contribution in [0.2, 0.25) is 0 Å². The van der Waals surface area contributed by atoms with Gasteiger partial charge < -0.3 is 4.74 Å². The van der Waals surface area contributed by atoms with Crippen LogP contribution in [-0.2, 0) is 16.2 Å². The molecule has 0 unspecified atom stereocenters. The zero-order valence-corrected chi connectivity index (χ0v) is 16.6. The Morgan fingerprint density at radius 2 is 1.58 bits per heavy atom. The average Bonchev–Trinajstić information content (AvgIpc) is 2.74. The lowest BCUT2D eigenvalue weighted by Gasteiger charge is -2.12. The molecular formula is C22H15F3N2O3S. The van der Waals surface area contributed by atoms with Crippen LogP contribution in [0.3, 0.4) is 0 Å². The number of nitrogens with one attached hydrogen (secondary N) is 1. The van der Waals surface area contributed by atoms with Crippen LogP contribution < -0.4 is 9.46 Å². The van der Waals surface area contributed by atoms with E-state index in [-0.39, 0.29) is 5.69 Å². The number of nitrogens with zero attached hydrogens (tertiary/aromatic N) is 1. The highest BCUT2D eigenvalue weighted by atomic mass is 32.2. The Morgan fingerprint density at radius 3 is 2.32 bits per heavy atom. The van der Waals surface area contributed by atoms with Crippen molar-refractivity contribution in [2.45, 2.75) is 11.1 Å². The second kappa shape index (κ2) is 7.92. The van der Waals surface area contributed by atoms with E-state index in [1.54, 1.807) is 24.4 Å². The van der Waals surface area contributed by atoms with Crippen molar-refractivity contribution >= 4 is 26.6 Å². The van der Waals surface area contributed by atoms with Crippen LogP contribution in [-0.4, -0.2) is 13.4 Å². The van der Waals surface area contributed by atoms with E-state index in [9.17, 15) is 21.6 Å². The summed E-state index contributed by atoms with van der Waals surface area (Å²) < 4.78 is 71.6. The van der Waals surface area contributed by atoms with Crippen molar-refractivity contribution in [1.82, 2.24) is 4.98 Å². The third-order valence-electron chi connectivity index (χ3n) is 4.39. The van der Waals surface area contributed by atoms with Gasteiger partial charge in [-0.15, -0.1) is 0 Å². The van der Waals surface area contributed by atoms with Gasteiger partial charge in [-0.05, 0) is 66.7 Å². The summed E-state index contributed by atoms with van der Waals surface area (Å²) in [5.41, 5.74) is -0.0219. The smallest absolute Gasteiger partial charge is 0.416 e. The average molecular weight is 444 g/mol. The molecule has 31 heavy (non-hydrogen) atoms. The highest BCUT2D eigenvalue weighted by Crippen LogP contribution is 2.31. The Kier molecular flexibility index (Phi) is 5.28. The standard InChI is InChI=1S/C22H15F3N2O3S/c23-22(24,25)16-4-1-5-20(14-16)31(28,29)27-17-6-8-18(9-7-17)30-19-10-11-21-15(13-19)3-2-12-26-21/h1-14,27H. The van der Waals surface area contributed by atoms with Crippen LogP contribution in [0.1, 0.15) is 5.56 Å². The fraction of sp³-hybridized carbons (Fsp3) is 0.0455. The maximum Gasteiger partial charge on any atom is 0.416 e. The molecule has 0 saturated carbocycles. The molecule has 0 spiro atoms. The summed E-state index contributed by atoms with van der Waals surface area (Å²) in [6.45, 7) is 0. The predicted octanol–water partition coefficient (Wildman–Crippen LogP) is 5.85. The van der Waals surface area contributed by atoms with Gasteiger partial charge in [0.2, 0.25) is 0 Å². The zero-order valence-electron chi connectivity index (χ0n) is 15.8. The van der Waals surface area contributed by atoms with E-state index in [2.05, 4.69) is 9.71 Å². The Morgan fingerprint density at radius 1 is 0.839 bits per heavy atom. The molecule has 158 valence electrons. The van der Waals surface area contributed by atoms with E-state index in [0.29, 0.717) is 17.6 Å². The van der Waals surface area contributed by atoms with Crippen molar-refractivity contribution in [2.75, 3.05) is 4.72 Å². The molecule has 0 aliphatic rings. The summed E-state index contributed by atoms with van der Waals surface area (Å²) in [6, 6.07) is 18.7. The monoisotopic (exact) mass is 444 g/mol. The number of hydrogen-bond donors (Lipinski definition) is 1. The van der Waals surface area contributed by atoms with Gasteiger partial charge in [0.05, 0.1) is 16.0 Å².